The molecule has 0 radical (unpaired) electrons. The smallest absolute Gasteiger partial charge is 0.220 e. The molecule has 0 unspecified atom stereocenters. The lowest BCUT2D eigenvalue weighted by molar-refractivity contribution is -0.122. The molecule has 2 aliphatic rings. The molecular formula is C20H29FN2O2. The number of carbonyl (C=O) groups excluding carboxylic acids is 1. The molecule has 4 nitrogen and oxygen atoms in total. The van der Waals surface area contributed by atoms with Crippen LogP contribution in [-0.2, 0) is 11.3 Å². The number of amides is 1. The summed E-state index contributed by atoms with van der Waals surface area (Å²) in [6.07, 6.45) is 7.75. The molecule has 2 fully saturated rings. The number of nitrogens with one attached hydrogen (secondary N) is 1. The molecule has 1 aromatic rings. The highest BCUT2D eigenvalue weighted by molar-refractivity contribution is 5.76. The Morgan fingerprint density at radius 3 is 2.56 bits per heavy atom. The molecule has 1 aliphatic carbocycles. The van der Waals surface area contributed by atoms with Crippen LogP contribution in [0.5, 0.6) is 0 Å². The number of aliphatic hydroxyl groups is 1. The fraction of sp³-hybridized carbons (Fsp3) is 0.650. The van der Waals surface area contributed by atoms with Gasteiger partial charge in [0.1, 0.15) is 5.82 Å². The molecule has 0 bridgehead atoms. The van der Waals surface area contributed by atoms with Crippen molar-refractivity contribution in [1.82, 2.24) is 5.32 Å². The second-order valence-corrected chi connectivity index (χ2v) is 7.49. The van der Waals surface area contributed by atoms with Crippen molar-refractivity contribution < 1.29 is 14.3 Å². The molecule has 1 saturated heterocycles. The van der Waals surface area contributed by atoms with Crippen molar-refractivity contribution in [3.05, 3.63) is 29.6 Å². The van der Waals surface area contributed by atoms with Crippen molar-refractivity contribution in [3.63, 3.8) is 0 Å². The summed E-state index contributed by atoms with van der Waals surface area (Å²) >= 11 is 0. The molecule has 3 rings (SSSR count). The predicted octanol–water partition coefficient (Wildman–Crippen LogP) is 3.37. The van der Waals surface area contributed by atoms with E-state index in [1.54, 1.807) is 6.07 Å². The number of halogens is 1. The zero-order valence-corrected chi connectivity index (χ0v) is 14.8. The molecule has 1 aromatic carbocycles. The second kappa shape index (κ2) is 8.65. The van der Waals surface area contributed by atoms with Crippen molar-refractivity contribution >= 4 is 11.6 Å². The van der Waals surface area contributed by atoms with E-state index in [2.05, 4.69) is 5.32 Å². The first-order chi connectivity index (χ1) is 12.1. The average molecular weight is 348 g/mol. The van der Waals surface area contributed by atoms with Gasteiger partial charge in [-0.2, -0.15) is 0 Å². The minimum Gasteiger partial charge on any atom is -0.393 e. The van der Waals surface area contributed by atoms with Gasteiger partial charge in [-0.15, -0.1) is 0 Å². The van der Waals surface area contributed by atoms with Crippen LogP contribution in [-0.4, -0.2) is 30.2 Å². The number of carbonyl (C=O) groups is 1. The van der Waals surface area contributed by atoms with E-state index in [-0.39, 0.29) is 17.8 Å². The van der Waals surface area contributed by atoms with Crippen LogP contribution in [0.15, 0.2) is 18.2 Å². The molecule has 1 amide bonds. The standard InChI is InChI=1S/C20H29FN2O2/c21-18-12-16(6-7-19(18)23-10-8-17(24)9-11-23)14-22-20(25)13-15-4-2-1-3-5-15/h6-7,12,15,17,24H,1-5,8-11,13-14H2,(H,22,25). The third-order valence-corrected chi connectivity index (χ3v) is 5.51. The molecule has 25 heavy (non-hydrogen) atoms. The number of aliphatic hydroxyl groups excluding tert-OH is 1. The molecule has 0 atom stereocenters. The van der Waals surface area contributed by atoms with Gasteiger partial charge in [0.25, 0.3) is 0 Å². The van der Waals surface area contributed by atoms with Gasteiger partial charge in [-0.3, -0.25) is 4.79 Å². The first-order valence-electron chi connectivity index (χ1n) is 9.60. The minimum absolute atomic E-state index is 0.0707. The third kappa shape index (κ3) is 5.18. The van der Waals surface area contributed by atoms with Crippen LogP contribution in [0.1, 0.15) is 56.9 Å². The topological polar surface area (TPSA) is 52.6 Å². The van der Waals surface area contributed by atoms with Crippen LogP contribution in [0.25, 0.3) is 0 Å². The Labute approximate surface area is 149 Å². The Kier molecular flexibility index (Phi) is 6.29. The van der Waals surface area contributed by atoms with Gasteiger partial charge in [0.15, 0.2) is 0 Å². The first kappa shape index (κ1) is 18.2. The number of benzene rings is 1. The molecular weight excluding hydrogens is 319 g/mol. The van der Waals surface area contributed by atoms with E-state index in [9.17, 15) is 14.3 Å². The number of anilines is 1. The number of piperidine rings is 1. The quantitative estimate of drug-likeness (QED) is 0.858. The molecule has 1 heterocycles. The maximum absolute atomic E-state index is 14.4. The Morgan fingerprint density at radius 2 is 1.88 bits per heavy atom. The minimum atomic E-state index is -0.266. The summed E-state index contributed by atoms with van der Waals surface area (Å²) in [6, 6.07) is 5.18. The van der Waals surface area contributed by atoms with E-state index in [0.29, 0.717) is 50.5 Å². The molecule has 1 aliphatic heterocycles. The van der Waals surface area contributed by atoms with Crippen molar-refractivity contribution in [2.45, 2.75) is 64.0 Å². The van der Waals surface area contributed by atoms with Crippen LogP contribution in [0.4, 0.5) is 10.1 Å². The van der Waals surface area contributed by atoms with E-state index >= 15 is 0 Å². The molecule has 138 valence electrons. The Bertz CT molecular complexity index is 579. The number of hydrogen-bond acceptors (Lipinski definition) is 3. The van der Waals surface area contributed by atoms with Crippen LogP contribution in [0.3, 0.4) is 0 Å². The maximum atomic E-state index is 14.4. The number of hydrogen-bond donors (Lipinski definition) is 2. The highest BCUT2D eigenvalue weighted by Crippen LogP contribution is 2.26. The van der Waals surface area contributed by atoms with Crippen LogP contribution in [0, 0.1) is 11.7 Å². The van der Waals surface area contributed by atoms with Gasteiger partial charge in [-0.05, 0) is 49.3 Å². The molecule has 0 spiro atoms. The van der Waals surface area contributed by atoms with Crippen molar-refractivity contribution in [3.8, 4) is 0 Å². The van der Waals surface area contributed by atoms with Gasteiger partial charge in [-0.1, -0.05) is 25.3 Å². The molecule has 2 N–H and O–H groups in total. The predicted molar refractivity (Wildman–Crippen MR) is 96.9 cm³/mol. The molecule has 0 aromatic heterocycles. The monoisotopic (exact) mass is 348 g/mol. The van der Waals surface area contributed by atoms with Crippen LogP contribution in [0.2, 0.25) is 0 Å². The average Bonchev–Trinajstić information content (AvgIpc) is 2.62. The largest absolute Gasteiger partial charge is 0.393 e. The second-order valence-electron chi connectivity index (χ2n) is 7.49. The van der Waals surface area contributed by atoms with Crippen LogP contribution >= 0.6 is 0 Å². The number of nitrogens with zero attached hydrogens (tertiary/aromatic N) is 1. The number of rotatable bonds is 5. The molecule has 5 heteroatoms. The first-order valence-corrected chi connectivity index (χ1v) is 9.60. The zero-order valence-electron chi connectivity index (χ0n) is 14.8. The van der Waals surface area contributed by atoms with Gasteiger partial charge >= 0.3 is 0 Å². The Balaban J connectivity index is 1.49. The third-order valence-electron chi connectivity index (χ3n) is 5.51. The van der Waals surface area contributed by atoms with E-state index < -0.39 is 0 Å². The van der Waals surface area contributed by atoms with Gasteiger partial charge < -0.3 is 15.3 Å². The van der Waals surface area contributed by atoms with E-state index in [4.69, 9.17) is 0 Å². The van der Waals surface area contributed by atoms with Gasteiger partial charge in [-0.25, -0.2) is 4.39 Å². The summed E-state index contributed by atoms with van der Waals surface area (Å²) in [5.74, 6) is 0.333. The zero-order chi connectivity index (χ0) is 17.6. The van der Waals surface area contributed by atoms with Gasteiger partial charge in [0.2, 0.25) is 5.91 Å². The highest BCUT2D eigenvalue weighted by atomic mass is 19.1. The van der Waals surface area contributed by atoms with Crippen molar-refractivity contribution in [2.24, 2.45) is 5.92 Å². The molecule has 1 saturated carbocycles. The van der Waals surface area contributed by atoms with Gasteiger partial charge in [0.05, 0.1) is 11.8 Å². The van der Waals surface area contributed by atoms with E-state index in [1.165, 1.54) is 25.3 Å². The van der Waals surface area contributed by atoms with Gasteiger partial charge in [0, 0.05) is 26.1 Å². The summed E-state index contributed by atoms with van der Waals surface area (Å²) in [5.41, 5.74) is 1.37. The fourth-order valence-electron chi connectivity index (χ4n) is 3.95. The lowest BCUT2D eigenvalue weighted by Crippen LogP contribution is -2.36. The lowest BCUT2D eigenvalue weighted by atomic mass is 9.87. The summed E-state index contributed by atoms with van der Waals surface area (Å²) in [6.45, 7) is 1.73. The highest BCUT2D eigenvalue weighted by Gasteiger charge is 2.20. The van der Waals surface area contributed by atoms with Crippen molar-refractivity contribution in [2.75, 3.05) is 18.0 Å². The summed E-state index contributed by atoms with van der Waals surface area (Å²) in [7, 11) is 0. The SMILES string of the molecule is O=C(CC1CCCCC1)NCc1ccc(N2CCC(O)CC2)c(F)c1. The lowest BCUT2D eigenvalue weighted by Gasteiger charge is -2.31. The van der Waals surface area contributed by atoms with Crippen LogP contribution < -0.4 is 10.2 Å². The van der Waals surface area contributed by atoms with Crippen molar-refractivity contribution in [1.29, 1.82) is 0 Å². The maximum Gasteiger partial charge on any atom is 0.220 e. The summed E-state index contributed by atoms with van der Waals surface area (Å²) in [4.78, 5) is 14.1. The Hall–Kier alpha value is -1.62. The summed E-state index contributed by atoms with van der Waals surface area (Å²) < 4.78 is 14.4. The summed E-state index contributed by atoms with van der Waals surface area (Å²) in [5, 5.41) is 12.5. The van der Waals surface area contributed by atoms with E-state index in [0.717, 1.165) is 18.4 Å². The Morgan fingerprint density at radius 1 is 1.16 bits per heavy atom. The fourth-order valence-corrected chi connectivity index (χ4v) is 3.95. The van der Waals surface area contributed by atoms with E-state index in [1.807, 2.05) is 11.0 Å². The normalized spacial score (nSPS) is 19.8.